The second kappa shape index (κ2) is 9.37. The Balaban J connectivity index is 1.47. The molecule has 0 aliphatic carbocycles. The molecule has 3 heterocycles. The third-order valence-electron chi connectivity index (χ3n) is 4.58. The van der Waals surface area contributed by atoms with Crippen LogP contribution in [0.3, 0.4) is 0 Å². The van der Waals surface area contributed by atoms with Gasteiger partial charge in [0.05, 0.1) is 28.2 Å². The molecule has 0 saturated carbocycles. The van der Waals surface area contributed by atoms with Gasteiger partial charge in [0.15, 0.2) is 11.0 Å². The van der Waals surface area contributed by atoms with Crippen LogP contribution >= 0.6 is 23.1 Å². The Morgan fingerprint density at radius 2 is 2.20 bits per heavy atom. The largest absolute Gasteiger partial charge is 0.376 e. The van der Waals surface area contributed by atoms with E-state index in [-0.39, 0.29) is 29.1 Å². The summed E-state index contributed by atoms with van der Waals surface area (Å²) in [6.45, 7) is 1.37. The smallest absolute Gasteiger partial charge is 0.292 e. The van der Waals surface area contributed by atoms with E-state index in [4.69, 9.17) is 4.74 Å². The minimum atomic E-state index is -0.520. The highest BCUT2D eigenvalue weighted by atomic mass is 32.2. The topological polar surface area (TPSA) is 112 Å². The number of amides is 1. The number of nitrogens with one attached hydrogen (secondary N) is 1. The van der Waals surface area contributed by atoms with Gasteiger partial charge >= 0.3 is 0 Å². The average Bonchev–Trinajstić information content (AvgIpc) is 3.49. The molecule has 0 bridgehead atoms. The first-order valence-electron chi connectivity index (χ1n) is 9.36. The lowest BCUT2D eigenvalue weighted by Gasteiger charge is -2.14. The van der Waals surface area contributed by atoms with Crippen LogP contribution in [0.2, 0.25) is 0 Å². The molecule has 1 atom stereocenters. The summed E-state index contributed by atoms with van der Waals surface area (Å²) >= 11 is 2.82. The summed E-state index contributed by atoms with van der Waals surface area (Å²) in [7, 11) is 0. The molecule has 1 amide bonds. The zero-order valence-electron chi connectivity index (χ0n) is 15.9. The molecule has 1 aromatic carbocycles. The maximum absolute atomic E-state index is 12.4. The molecule has 2 aromatic heterocycles. The van der Waals surface area contributed by atoms with Gasteiger partial charge in [0.2, 0.25) is 5.91 Å². The highest BCUT2D eigenvalue weighted by molar-refractivity contribution is 7.99. The van der Waals surface area contributed by atoms with Crippen LogP contribution in [0.5, 0.6) is 0 Å². The summed E-state index contributed by atoms with van der Waals surface area (Å²) in [6, 6.07) is 10.0. The van der Waals surface area contributed by atoms with Crippen molar-refractivity contribution in [2.45, 2.75) is 30.6 Å². The molecule has 4 rings (SSSR count). The first-order valence-corrected chi connectivity index (χ1v) is 11.2. The highest BCUT2D eigenvalue weighted by Crippen LogP contribution is 2.29. The van der Waals surface area contributed by atoms with Crippen molar-refractivity contribution in [2.24, 2.45) is 0 Å². The lowest BCUT2D eigenvalue weighted by Crippen LogP contribution is -2.18. The van der Waals surface area contributed by atoms with Gasteiger partial charge in [-0.05, 0) is 30.4 Å². The van der Waals surface area contributed by atoms with E-state index < -0.39 is 4.92 Å². The lowest BCUT2D eigenvalue weighted by atomic mass is 10.2. The van der Waals surface area contributed by atoms with Crippen LogP contribution in [-0.4, -0.2) is 44.1 Å². The predicted octanol–water partition coefficient (Wildman–Crippen LogP) is 3.82. The number of nitrogens with zero attached hydrogens (tertiary/aromatic N) is 4. The third kappa shape index (κ3) is 4.69. The van der Waals surface area contributed by atoms with E-state index in [0.29, 0.717) is 11.7 Å². The van der Waals surface area contributed by atoms with Crippen molar-refractivity contribution in [1.29, 1.82) is 0 Å². The number of para-hydroxylation sites is 2. The summed E-state index contributed by atoms with van der Waals surface area (Å²) in [5, 5.41) is 24.9. The molecular weight excluding hydrogens is 426 g/mol. The number of nitro groups is 1. The number of rotatable bonds is 8. The summed E-state index contributed by atoms with van der Waals surface area (Å²) in [5.74, 6) is 0.459. The number of carbonyl (C=O) groups is 1. The highest BCUT2D eigenvalue weighted by Gasteiger charge is 2.23. The zero-order valence-corrected chi connectivity index (χ0v) is 17.5. The van der Waals surface area contributed by atoms with Gasteiger partial charge in [-0.1, -0.05) is 30.0 Å². The summed E-state index contributed by atoms with van der Waals surface area (Å²) in [4.78, 5) is 24.0. The molecule has 0 radical (unpaired) electrons. The molecular formula is C19H19N5O4S2. The molecule has 9 nitrogen and oxygen atoms in total. The predicted molar refractivity (Wildman–Crippen MR) is 115 cm³/mol. The maximum Gasteiger partial charge on any atom is 0.292 e. The van der Waals surface area contributed by atoms with Gasteiger partial charge < -0.3 is 10.1 Å². The van der Waals surface area contributed by atoms with Gasteiger partial charge in [-0.2, -0.15) is 0 Å². The Morgan fingerprint density at radius 3 is 2.93 bits per heavy atom. The standard InChI is InChI=1S/C19H19N5O4S2/c25-17(20-14-6-1-2-7-15(14)24(26)27)12-30-19-22-21-18(16-8-4-10-29-16)23(19)11-13-5-3-9-28-13/h1-2,4,6-8,10,13H,3,5,9,11-12H2,(H,20,25)/t13-/m1/s1. The fraction of sp³-hybridized carbons (Fsp3) is 0.316. The molecule has 30 heavy (non-hydrogen) atoms. The van der Waals surface area contributed by atoms with Crippen LogP contribution in [0, 0.1) is 10.1 Å². The number of hydrogen-bond acceptors (Lipinski definition) is 8. The van der Waals surface area contributed by atoms with Gasteiger partial charge in [-0.25, -0.2) is 0 Å². The van der Waals surface area contributed by atoms with Crippen molar-refractivity contribution in [1.82, 2.24) is 14.8 Å². The van der Waals surface area contributed by atoms with Crippen molar-refractivity contribution < 1.29 is 14.5 Å². The maximum atomic E-state index is 12.4. The van der Waals surface area contributed by atoms with Gasteiger partial charge in [0, 0.05) is 12.7 Å². The van der Waals surface area contributed by atoms with Crippen LogP contribution in [0.1, 0.15) is 12.8 Å². The molecule has 1 saturated heterocycles. The van der Waals surface area contributed by atoms with Gasteiger partial charge in [-0.3, -0.25) is 19.5 Å². The van der Waals surface area contributed by atoms with Crippen LogP contribution < -0.4 is 5.32 Å². The molecule has 1 aliphatic rings. The van der Waals surface area contributed by atoms with Crippen molar-refractivity contribution >= 4 is 40.4 Å². The second-order valence-corrected chi connectivity index (χ2v) is 8.53. The minimum absolute atomic E-state index is 0.0557. The lowest BCUT2D eigenvalue weighted by molar-refractivity contribution is -0.383. The number of carbonyl (C=O) groups excluding carboxylic acids is 1. The molecule has 1 fully saturated rings. The van der Waals surface area contributed by atoms with Crippen molar-refractivity contribution in [3.8, 4) is 10.7 Å². The summed E-state index contributed by atoms with van der Waals surface area (Å²) in [5.41, 5.74) is 0.0329. The first kappa shape index (κ1) is 20.5. The molecule has 0 unspecified atom stereocenters. The summed E-state index contributed by atoms with van der Waals surface area (Å²) in [6.07, 6.45) is 2.10. The molecule has 0 spiro atoms. The van der Waals surface area contributed by atoms with Crippen molar-refractivity contribution in [3.63, 3.8) is 0 Å². The van der Waals surface area contributed by atoms with E-state index in [0.717, 1.165) is 30.2 Å². The molecule has 11 heteroatoms. The second-order valence-electron chi connectivity index (χ2n) is 6.64. The van der Waals surface area contributed by atoms with Gasteiger partial charge in [-0.15, -0.1) is 21.5 Å². The first-order chi connectivity index (χ1) is 14.6. The van der Waals surface area contributed by atoms with E-state index in [1.54, 1.807) is 23.5 Å². The van der Waals surface area contributed by atoms with Gasteiger partial charge in [0.1, 0.15) is 5.69 Å². The number of thiophene rings is 1. The number of aromatic nitrogens is 3. The number of ether oxygens (including phenoxy) is 1. The number of nitro benzene ring substituents is 1. The number of thioether (sulfide) groups is 1. The van der Waals surface area contributed by atoms with Crippen LogP contribution in [0.25, 0.3) is 10.7 Å². The number of benzene rings is 1. The van der Waals surface area contributed by atoms with Crippen molar-refractivity contribution in [2.75, 3.05) is 17.7 Å². The van der Waals surface area contributed by atoms with Crippen molar-refractivity contribution in [3.05, 3.63) is 51.9 Å². The summed E-state index contributed by atoms with van der Waals surface area (Å²) < 4.78 is 7.76. The molecule has 1 aliphatic heterocycles. The minimum Gasteiger partial charge on any atom is -0.376 e. The van der Waals surface area contributed by atoms with Crippen LogP contribution in [0.4, 0.5) is 11.4 Å². The van der Waals surface area contributed by atoms with E-state index >= 15 is 0 Å². The van der Waals surface area contributed by atoms with E-state index in [2.05, 4.69) is 15.5 Å². The Labute approximate surface area is 180 Å². The van der Waals surface area contributed by atoms with Crippen LogP contribution in [0.15, 0.2) is 46.9 Å². The van der Waals surface area contributed by atoms with E-state index in [9.17, 15) is 14.9 Å². The third-order valence-corrected chi connectivity index (χ3v) is 6.41. The molecule has 3 aromatic rings. The Hall–Kier alpha value is -2.76. The van der Waals surface area contributed by atoms with Crippen LogP contribution in [-0.2, 0) is 16.1 Å². The Bertz CT molecular complexity index is 1030. The molecule has 1 N–H and O–H groups in total. The average molecular weight is 446 g/mol. The quantitative estimate of drug-likeness (QED) is 0.319. The normalized spacial score (nSPS) is 15.9. The Morgan fingerprint density at radius 1 is 1.33 bits per heavy atom. The number of hydrogen-bond donors (Lipinski definition) is 1. The number of anilines is 1. The monoisotopic (exact) mass is 445 g/mol. The fourth-order valence-corrected chi connectivity index (χ4v) is 4.66. The SMILES string of the molecule is O=C(CSc1nnc(-c2cccs2)n1C[C@H]1CCCO1)Nc1ccccc1[N+](=O)[O-]. The Kier molecular flexibility index (Phi) is 6.41. The zero-order chi connectivity index (χ0) is 20.9. The van der Waals surface area contributed by atoms with Gasteiger partial charge in [0.25, 0.3) is 5.69 Å². The molecule has 156 valence electrons. The fourth-order valence-electron chi connectivity index (χ4n) is 3.20. The van der Waals surface area contributed by atoms with E-state index in [1.807, 2.05) is 22.1 Å². The van der Waals surface area contributed by atoms with E-state index in [1.165, 1.54) is 23.9 Å².